The average Bonchev–Trinajstić information content (AvgIpc) is 3.62. The van der Waals surface area contributed by atoms with Crippen LogP contribution in [-0.2, 0) is 28.6 Å². The van der Waals surface area contributed by atoms with Crippen molar-refractivity contribution in [3.05, 3.63) is 23.3 Å². The number of aliphatic hydroxyl groups is 4. The number of carbonyl (C=O) groups is 3. The van der Waals surface area contributed by atoms with E-state index in [1.54, 1.807) is 19.9 Å². The number of ether oxygens (including phenoxy) is 3. The van der Waals surface area contributed by atoms with E-state index in [1.165, 1.54) is 13.0 Å². The van der Waals surface area contributed by atoms with Crippen molar-refractivity contribution < 1.29 is 49.0 Å². The van der Waals surface area contributed by atoms with Gasteiger partial charge in [0.1, 0.15) is 29.0 Å². The van der Waals surface area contributed by atoms with Crippen LogP contribution in [0.15, 0.2) is 23.3 Å². The Hall–Kier alpha value is -2.11. The van der Waals surface area contributed by atoms with Crippen LogP contribution < -0.4 is 0 Å². The third kappa shape index (κ3) is 2.99. The van der Waals surface area contributed by atoms with E-state index in [1.807, 2.05) is 13.8 Å². The quantitative estimate of drug-likeness (QED) is 0.289. The number of ketones is 1. The Labute approximate surface area is 233 Å². The van der Waals surface area contributed by atoms with Gasteiger partial charge in [-0.3, -0.25) is 9.59 Å². The van der Waals surface area contributed by atoms with Gasteiger partial charge in [0.2, 0.25) is 0 Å². The minimum absolute atomic E-state index is 0.0217. The maximum absolute atomic E-state index is 13.4. The molecule has 0 amide bonds. The van der Waals surface area contributed by atoms with Gasteiger partial charge in [-0.25, -0.2) is 4.79 Å². The van der Waals surface area contributed by atoms with Crippen molar-refractivity contribution in [2.24, 2.45) is 28.6 Å². The largest absolute Gasteiger partial charge is 0.458 e. The summed E-state index contributed by atoms with van der Waals surface area (Å²) in [6, 6.07) is 0. The topological polar surface area (TPSA) is 163 Å². The number of rotatable bonds is 4. The zero-order chi connectivity index (χ0) is 29.2. The first-order chi connectivity index (χ1) is 18.6. The molecule has 0 bridgehead atoms. The number of aliphatic hydroxyl groups excluding tert-OH is 2. The Bertz CT molecular complexity index is 1240. The van der Waals surface area contributed by atoms with Gasteiger partial charge in [-0.05, 0) is 63.0 Å². The van der Waals surface area contributed by atoms with Crippen LogP contribution in [-0.4, -0.2) is 86.0 Å². The number of carbonyl (C=O) groups excluding carboxylic acids is 3. The van der Waals surface area contributed by atoms with E-state index in [2.05, 4.69) is 0 Å². The Balaban J connectivity index is 1.45. The van der Waals surface area contributed by atoms with Crippen molar-refractivity contribution in [3.63, 3.8) is 0 Å². The zero-order valence-electron chi connectivity index (χ0n) is 23.7. The van der Waals surface area contributed by atoms with Crippen LogP contribution in [0.2, 0.25) is 0 Å². The van der Waals surface area contributed by atoms with Gasteiger partial charge < -0.3 is 34.6 Å². The van der Waals surface area contributed by atoms with Crippen LogP contribution in [0.1, 0.15) is 66.7 Å². The lowest BCUT2D eigenvalue weighted by Gasteiger charge is -2.66. The van der Waals surface area contributed by atoms with Crippen LogP contribution in [0.25, 0.3) is 0 Å². The summed E-state index contributed by atoms with van der Waals surface area (Å²) < 4.78 is 18.1. The number of cyclic esters (lactones) is 1. The number of hydrogen-bond donors (Lipinski definition) is 4. The molecule has 10 heteroatoms. The SMILES string of the molecule is CC(=O)O[C@H]1[C@@H]2O[C@]2([C@H](C)[C@H]2CC(CO)=C(C)C(=O)O2)[C@@]2(C)CCC3C(C[C@@H](O)[C@@]4(O)CC=CC(=O)[C@]34C)[C@@]12O. The molecule has 10 nitrogen and oxygen atoms in total. The minimum Gasteiger partial charge on any atom is -0.458 e. The predicted octanol–water partition coefficient (Wildman–Crippen LogP) is 1.12. The van der Waals surface area contributed by atoms with E-state index in [0.717, 1.165) is 0 Å². The van der Waals surface area contributed by atoms with E-state index in [4.69, 9.17) is 14.2 Å². The molecule has 2 unspecified atom stereocenters. The molecule has 1 saturated heterocycles. The van der Waals surface area contributed by atoms with Crippen LogP contribution in [0.3, 0.4) is 0 Å². The second-order valence-corrected chi connectivity index (χ2v) is 13.4. The van der Waals surface area contributed by atoms with Crippen LogP contribution in [0.5, 0.6) is 0 Å². The summed E-state index contributed by atoms with van der Waals surface area (Å²) in [5.74, 6) is -3.01. The molecule has 220 valence electrons. The smallest absolute Gasteiger partial charge is 0.334 e. The maximum Gasteiger partial charge on any atom is 0.334 e. The molecule has 4 aliphatic carbocycles. The number of esters is 2. The Morgan fingerprint density at radius 3 is 2.58 bits per heavy atom. The summed E-state index contributed by atoms with van der Waals surface area (Å²) in [6.07, 6.45) is 0.663. The fourth-order valence-corrected chi connectivity index (χ4v) is 9.88. The third-order valence-corrected chi connectivity index (χ3v) is 12.3. The van der Waals surface area contributed by atoms with Gasteiger partial charge in [0.15, 0.2) is 11.9 Å². The normalized spacial score (nSPS) is 51.7. The predicted molar refractivity (Wildman–Crippen MR) is 138 cm³/mol. The van der Waals surface area contributed by atoms with E-state index < -0.39 is 81.7 Å². The summed E-state index contributed by atoms with van der Waals surface area (Å²) >= 11 is 0. The van der Waals surface area contributed by atoms with Crippen molar-refractivity contribution in [2.45, 2.75) is 108 Å². The van der Waals surface area contributed by atoms with Crippen molar-refractivity contribution in [3.8, 4) is 0 Å². The molecule has 2 aliphatic heterocycles. The molecule has 40 heavy (non-hydrogen) atoms. The summed E-state index contributed by atoms with van der Waals surface area (Å²) in [7, 11) is 0. The first-order valence-corrected chi connectivity index (χ1v) is 14.3. The molecule has 6 rings (SSSR count). The lowest BCUT2D eigenvalue weighted by Crippen LogP contribution is -2.75. The second-order valence-electron chi connectivity index (χ2n) is 13.4. The van der Waals surface area contributed by atoms with Crippen LogP contribution in [0.4, 0.5) is 0 Å². The number of hydrogen-bond acceptors (Lipinski definition) is 10. The van der Waals surface area contributed by atoms with Gasteiger partial charge in [-0.2, -0.15) is 0 Å². The molecule has 0 aromatic rings. The first kappa shape index (κ1) is 28.0. The molecule has 12 atom stereocenters. The highest BCUT2D eigenvalue weighted by Crippen LogP contribution is 2.77. The monoisotopic (exact) mass is 560 g/mol. The maximum atomic E-state index is 13.4. The molecule has 4 N–H and O–H groups in total. The van der Waals surface area contributed by atoms with Gasteiger partial charge in [0.25, 0.3) is 0 Å². The fraction of sp³-hybridized carbons (Fsp3) is 0.767. The molecular formula is C30H40O10. The molecule has 3 saturated carbocycles. The Morgan fingerprint density at radius 1 is 1.23 bits per heavy atom. The van der Waals surface area contributed by atoms with E-state index in [9.17, 15) is 34.8 Å². The van der Waals surface area contributed by atoms with Gasteiger partial charge >= 0.3 is 11.9 Å². The molecule has 0 radical (unpaired) electrons. The molecule has 0 aromatic carbocycles. The minimum atomic E-state index is -1.70. The summed E-state index contributed by atoms with van der Waals surface area (Å²) in [5, 5.41) is 45.9. The average molecular weight is 561 g/mol. The molecule has 4 fully saturated rings. The number of epoxide rings is 1. The van der Waals surface area contributed by atoms with Gasteiger partial charge in [-0.15, -0.1) is 0 Å². The van der Waals surface area contributed by atoms with E-state index >= 15 is 0 Å². The highest BCUT2D eigenvalue weighted by molar-refractivity contribution is 5.97. The molecule has 0 aromatic heterocycles. The zero-order valence-corrected chi connectivity index (χ0v) is 23.7. The molecule has 0 spiro atoms. The van der Waals surface area contributed by atoms with Gasteiger partial charge in [0, 0.05) is 30.3 Å². The molecule has 6 aliphatic rings. The Morgan fingerprint density at radius 2 is 1.93 bits per heavy atom. The highest BCUT2D eigenvalue weighted by Gasteiger charge is 2.90. The van der Waals surface area contributed by atoms with Gasteiger partial charge in [0.05, 0.1) is 18.1 Å². The molecule has 2 heterocycles. The van der Waals surface area contributed by atoms with Crippen molar-refractivity contribution in [1.29, 1.82) is 0 Å². The number of allylic oxidation sites excluding steroid dienone is 1. The third-order valence-electron chi connectivity index (χ3n) is 12.3. The molecular weight excluding hydrogens is 520 g/mol. The highest BCUT2D eigenvalue weighted by atomic mass is 16.7. The Kier molecular flexibility index (Phi) is 5.94. The summed E-state index contributed by atoms with van der Waals surface area (Å²) in [6.45, 7) is 8.09. The summed E-state index contributed by atoms with van der Waals surface area (Å²) in [5.41, 5.74) is -5.78. The lowest BCUT2D eigenvalue weighted by molar-refractivity contribution is -0.295. The fourth-order valence-electron chi connectivity index (χ4n) is 9.88. The van der Waals surface area contributed by atoms with Crippen molar-refractivity contribution in [2.75, 3.05) is 6.61 Å². The van der Waals surface area contributed by atoms with Crippen molar-refractivity contribution in [1.82, 2.24) is 0 Å². The number of fused-ring (bicyclic) bond motifs is 7. The lowest BCUT2D eigenvalue weighted by atomic mass is 9.41. The summed E-state index contributed by atoms with van der Waals surface area (Å²) in [4.78, 5) is 38.5. The first-order valence-electron chi connectivity index (χ1n) is 14.3. The van der Waals surface area contributed by atoms with E-state index in [0.29, 0.717) is 30.4 Å². The van der Waals surface area contributed by atoms with Gasteiger partial charge in [-0.1, -0.05) is 19.9 Å². The van der Waals surface area contributed by atoms with E-state index in [-0.39, 0.29) is 25.2 Å². The van der Waals surface area contributed by atoms with Crippen LogP contribution in [0, 0.1) is 28.6 Å². The second kappa shape index (κ2) is 8.47. The standard InChI is InChI=1S/C30H40O10/c1-14-17(13-31)11-20(39-25(14)35)15(2)30-24(40-30)23(38-16(3)32)29(37)19-12-22(34)28(36)9-6-7-21(33)27(28,5)18(19)8-10-26(29,30)4/h6-7,15,18-20,22-24,31,34,36-37H,8-13H2,1-5H3/t15-,18?,19?,20-,22-,23+,24+,26+,27+,28+,29-,30+/m1/s1. The van der Waals surface area contributed by atoms with Crippen molar-refractivity contribution >= 4 is 17.7 Å². The van der Waals surface area contributed by atoms with Crippen LogP contribution >= 0.6 is 0 Å².